The van der Waals surface area contributed by atoms with Gasteiger partial charge in [-0.1, -0.05) is 52.5 Å². The van der Waals surface area contributed by atoms with E-state index in [0.717, 1.165) is 18.4 Å². The molecule has 216 valence electrons. The minimum Gasteiger partial charge on any atom is -0.493 e. The Morgan fingerprint density at radius 1 is 1.07 bits per heavy atom. The van der Waals surface area contributed by atoms with Crippen LogP contribution in [-0.2, 0) is 16.0 Å². The average Bonchev–Trinajstić information content (AvgIpc) is 3.77. The molecule has 0 radical (unpaired) electrons. The van der Waals surface area contributed by atoms with Crippen LogP contribution in [0.3, 0.4) is 0 Å². The molecule has 3 N–H and O–H groups in total. The van der Waals surface area contributed by atoms with Crippen LogP contribution in [0, 0.1) is 17.8 Å². The van der Waals surface area contributed by atoms with Crippen LogP contribution in [0.5, 0.6) is 17.2 Å². The second kappa shape index (κ2) is 13.9. The Morgan fingerprint density at radius 2 is 1.75 bits per heavy atom. The molecule has 1 aliphatic carbocycles. The lowest BCUT2D eigenvalue weighted by Crippen LogP contribution is -2.23. The van der Waals surface area contributed by atoms with Gasteiger partial charge in [0.15, 0.2) is 11.5 Å². The van der Waals surface area contributed by atoms with E-state index in [1.807, 2.05) is 12.1 Å². The fourth-order valence-electron chi connectivity index (χ4n) is 3.86. The number of methoxy groups -OCH3 is 2. The van der Waals surface area contributed by atoms with Gasteiger partial charge in [-0.05, 0) is 30.4 Å². The van der Waals surface area contributed by atoms with Crippen LogP contribution in [0.1, 0.15) is 57.2 Å². The first-order valence-corrected chi connectivity index (χ1v) is 13.4. The van der Waals surface area contributed by atoms with Crippen molar-refractivity contribution < 1.29 is 28.9 Å². The van der Waals surface area contributed by atoms with Crippen LogP contribution < -0.4 is 24.8 Å². The van der Waals surface area contributed by atoms with Crippen LogP contribution in [0.4, 0.5) is 11.8 Å². The Kier molecular flexibility index (Phi) is 10.7. The molecule has 2 amide bonds. The molecule has 0 bridgehead atoms. The molecule has 1 atom stereocenters. The molecule has 40 heavy (non-hydrogen) atoms. The fourth-order valence-corrected chi connectivity index (χ4v) is 3.86. The number of aromatic nitrogens is 2. The van der Waals surface area contributed by atoms with Crippen LogP contribution in [-0.4, -0.2) is 53.8 Å². The average molecular weight is 553 g/mol. The van der Waals surface area contributed by atoms with Gasteiger partial charge in [0.2, 0.25) is 23.5 Å². The molecule has 1 aliphatic rings. The van der Waals surface area contributed by atoms with Crippen molar-refractivity contribution in [2.75, 3.05) is 31.5 Å². The third kappa shape index (κ3) is 7.81. The second-order valence-corrected chi connectivity index (χ2v) is 10.3. The molecule has 2 aromatic rings. The molecule has 1 aromatic carbocycles. The summed E-state index contributed by atoms with van der Waals surface area (Å²) in [6, 6.07) is 1.82. The molecule has 10 nitrogen and oxygen atoms in total. The maximum Gasteiger partial charge on any atom is 0.231 e. The summed E-state index contributed by atoms with van der Waals surface area (Å²) < 4.78 is 17.3. The van der Waals surface area contributed by atoms with Crippen molar-refractivity contribution in [1.29, 1.82) is 0 Å². The minimum absolute atomic E-state index is 0.0940. The Balaban J connectivity index is 2.14. The summed E-state index contributed by atoms with van der Waals surface area (Å²) >= 11 is 0. The van der Waals surface area contributed by atoms with Gasteiger partial charge in [-0.25, -0.2) is 4.98 Å². The van der Waals surface area contributed by atoms with Crippen LogP contribution in [0.2, 0.25) is 0 Å². The highest BCUT2D eigenvalue weighted by atomic mass is 16.5. The number of amides is 2. The summed E-state index contributed by atoms with van der Waals surface area (Å²) in [5.41, 5.74) is 2.05. The van der Waals surface area contributed by atoms with Gasteiger partial charge in [0.25, 0.3) is 0 Å². The highest BCUT2D eigenvalue weighted by Gasteiger charge is 2.28. The van der Waals surface area contributed by atoms with Gasteiger partial charge in [0.1, 0.15) is 12.4 Å². The highest BCUT2D eigenvalue weighted by molar-refractivity contribution is 5.93. The third-order valence-electron chi connectivity index (χ3n) is 6.43. The van der Waals surface area contributed by atoms with Gasteiger partial charge in [-0.3, -0.25) is 14.9 Å². The first kappa shape index (κ1) is 30.6. The van der Waals surface area contributed by atoms with E-state index in [4.69, 9.17) is 14.2 Å². The SMILES string of the molecule is C=CCOc1c(C=CC(O)C2CC2)c(Cc2cnc(NC(=O)C(C)C)nc2NC(=O)C(C)C)cc(OC)c1OC. The summed E-state index contributed by atoms with van der Waals surface area (Å²) in [4.78, 5) is 33.7. The normalized spacial score (nSPS) is 13.8. The molecule has 0 aliphatic heterocycles. The molecular weight excluding hydrogens is 512 g/mol. The summed E-state index contributed by atoms with van der Waals surface area (Å²) in [5, 5.41) is 16.1. The van der Waals surface area contributed by atoms with Crippen molar-refractivity contribution >= 4 is 29.7 Å². The van der Waals surface area contributed by atoms with E-state index in [0.29, 0.717) is 28.4 Å². The van der Waals surface area contributed by atoms with E-state index in [-0.39, 0.29) is 54.4 Å². The van der Waals surface area contributed by atoms with Crippen molar-refractivity contribution in [2.24, 2.45) is 17.8 Å². The number of anilines is 2. The van der Waals surface area contributed by atoms with Gasteiger partial charge >= 0.3 is 0 Å². The summed E-state index contributed by atoms with van der Waals surface area (Å²) in [7, 11) is 3.07. The van der Waals surface area contributed by atoms with E-state index >= 15 is 0 Å². The van der Waals surface area contributed by atoms with Crippen LogP contribution >= 0.6 is 0 Å². The van der Waals surface area contributed by atoms with Crippen molar-refractivity contribution in [3.63, 3.8) is 0 Å². The number of carbonyl (C=O) groups excluding carboxylic acids is 2. The van der Waals surface area contributed by atoms with E-state index in [1.54, 1.807) is 46.0 Å². The van der Waals surface area contributed by atoms with Crippen molar-refractivity contribution in [1.82, 2.24) is 9.97 Å². The minimum atomic E-state index is -0.582. The zero-order valence-electron chi connectivity index (χ0n) is 24.1. The predicted molar refractivity (Wildman–Crippen MR) is 155 cm³/mol. The van der Waals surface area contributed by atoms with E-state index in [2.05, 4.69) is 27.2 Å². The number of ether oxygens (including phenoxy) is 3. The second-order valence-electron chi connectivity index (χ2n) is 10.3. The van der Waals surface area contributed by atoms with E-state index < -0.39 is 6.10 Å². The van der Waals surface area contributed by atoms with E-state index in [1.165, 1.54) is 14.2 Å². The molecule has 1 aromatic heterocycles. The van der Waals surface area contributed by atoms with Gasteiger partial charge in [0, 0.05) is 35.6 Å². The van der Waals surface area contributed by atoms with Crippen LogP contribution in [0.15, 0.2) is 31.0 Å². The lowest BCUT2D eigenvalue weighted by atomic mass is 9.97. The van der Waals surface area contributed by atoms with Crippen LogP contribution in [0.25, 0.3) is 6.08 Å². The van der Waals surface area contributed by atoms with Crippen molar-refractivity contribution in [3.05, 3.63) is 47.7 Å². The standard InChI is InChI=1S/C30H40N4O6/c1-8-13-40-25-22(11-12-23(35)19-9-10-19)20(15-24(38-6)26(25)39-7)14-21-16-31-30(34-29(37)18(4)5)33-27(21)32-28(36)17(2)3/h8,11-12,15-19,23,35H,1,9-10,13-14H2,2-7H3,(H2,31,32,33,34,36,37). The van der Waals surface area contributed by atoms with Crippen molar-refractivity contribution in [3.8, 4) is 17.2 Å². The number of nitrogens with one attached hydrogen (secondary N) is 2. The summed E-state index contributed by atoms with van der Waals surface area (Å²) in [6.07, 6.45) is 8.45. The molecule has 1 unspecified atom stereocenters. The first-order chi connectivity index (χ1) is 19.1. The molecule has 1 saturated carbocycles. The van der Waals surface area contributed by atoms with Gasteiger partial charge in [-0.2, -0.15) is 4.98 Å². The summed E-state index contributed by atoms with van der Waals surface area (Å²) in [6.45, 7) is 11.1. The number of nitrogens with zero attached hydrogens (tertiary/aromatic N) is 2. The Labute approximate surface area is 235 Å². The number of carbonyl (C=O) groups is 2. The Morgan fingerprint density at radius 3 is 2.33 bits per heavy atom. The number of aliphatic hydroxyl groups is 1. The topological polar surface area (TPSA) is 132 Å². The molecule has 1 heterocycles. The first-order valence-electron chi connectivity index (χ1n) is 13.4. The molecule has 0 spiro atoms. The monoisotopic (exact) mass is 552 g/mol. The summed E-state index contributed by atoms with van der Waals surface area (Å²) in [5.74, 6) is 0.895. The number of hydrogen-bond acceptors (Lipinski definition) is 8. The van der Waals surface area contributed by atoms with Gasteiger partial charge in [-0.15, -0.1) is 0 Å². The fraction of sp³-hybridized carbons (Fsp3) is 0.467. The largest absolute Gasteiger partial charge is 0.493 e. The number of aliphatic hydroxyl groups excluding tert-OH is 1. The number of benzene rings is 1. The van der Waals surface area contributed by atoms with Gasteiger partial charge < -0.3 is 24.6 Å². The number of rotatable bonds is 14. The smallest absolute Gasteiger partial charge is 0.231 e. The number of hydrogen-bond donors (Lipinski definition) is 3. The Bertz CT molecular complexity index is 1250. The zero-order chi connectivity index (χ0) is 29.4. The third-order valence-corrected chi connectivity index (χ3v) is 6.43. The maximum absolute atomic E-state index is 12.7. The lowest BCUT2D eigenvalue weighted by Gasteiger charge is -2.20. The predicted octanol–water partition coefficient (Wildman–Crippen LogP) is 4.62. The van der Waals surface area contributed by atoms with Crippen molar-refractivity contribution in [2.45, 2.75) is 53.1 Å². The van der Waals surface area contributed by atoms with Gasteiger partial charge in [0.05, 0.1) is 20.3 Å². The van der Waals surface area contributed by atoms with E-state index in [9.17, 15) is 14.7 Å². The molecular formula is C30H40N4O6. The quantitative estimate of drug-likeness (QED) is 0.289. The highest BCUT2D eigenvalue weighted by Crippen LogP contribution is 2.44. The lowest BCUT2D eigenvalue weighted by molar-refractivity contribution is -0.119. The molecule has 3 rings (SSSR count). The molecule has 10 heteroatoms. The maximum atomic E-state index is 12.7. The molecule has 0 saturated heterocycles. The molecule has 1 fully saturated rings. The Hall–Kier alpha value is -3.92. The zero-order valence-corrected chi connectivity index (χ0v) is 24.1.